The molecule has 0 saturated carbocycles. The summed E-state index contributed by atoms with van der Waals surface area (Å²) in [7, 11) is 1.65. The predicted molar refractivity (Wildman–Crippen MR) is 70.6 cm³/mol. The highest BCUT2D eigenvalue weighted by atomic mass is 16.5. The molecule has 0 aliphatic rings. The molecule has 0 aromatic heterocycles. The Morgan fingerprint density at radius 1 is 1.18 bits per heavy atom. The lowest BCUT2D eigenvalue weighted by Gasteiger charge is -2.19. The van der Waals surface area contributed by atoms with Gasteiger partial charge in [0, 0.05) is 6.04 Å². The van der Waals surface area contributed by atoms with Gasteiger partial charge in [0.25, 0.3) is 0 Å². The largest absolute Gasteiger partial charge is 0.493 e. The normalized spacial score (nSPS) is 12.6. The third kappa shape index (κ3) is 3.63. The number of nitrogens with two attached hydrogens (primary N) is 1. The molecule has 0 unspecified atom stereocenters. The van der Waals surface area contributed by atoms with Crippen LogP contribution in [0, 0.1) is 0 Å². The maximum Gasteiger partial charge on any atom is 0.161 e. The number of hydrogen-bond acceptors (Lipinski definition) is 3. The van der Waals surface area contributed by atoms with E-state index >= 15 is 0 Å². The van der Waals surface area contributed by atoms with E-state index in [4.69, 9.17) is 15.2 Å². The first-order chi connectivity index (χ1) is 8.12. The molecule has 1 rings (SSSR count). The van der Waals surface area contributed by atoms with Crippen molar-refractivity contribution in [1.29, 1.82) is 0 Å². The molecule has 1 aromatic carbocycles. The Hall–Kier alpha value is -1.22. The van der Waals surface area contributed by atoms with Crippen LogP contribution in [0.1, 0.15) is 45.2 Å². The number of methoxy groups -OCH3 is 1. The van der Waals surface area contributed by atoms with Gasteiger partial charge in [0.2, 0.25) is 0 Å². The average Bonchev–Trinajstić information content (AvgIpc) is 2.35. The highest BCUT2D eigenvalue weighted by molar-refractivity contribution is 5.43. The molecule has 0 aliphatic carbocycles. The summed E-state index contributed by atoms with van der Waals surface area (Å²) < 4.78 is 11.2. The summed E-state index contributed by atoms with van der Waals surface area (Å²) in [6.45, 7) is 6.20. The molecule has 96 valence electrons. The first-order valence-corrected chi connectivity index (χ1v) is 6.22. The van der Waals surface area contributed by atoms with E-state index in [-0.39, 0.29) is 12.1 Å². The van der Waals surface area contributed by atoms with E-state index in [2.05, 4.69) is 13.8 Å². The molecule has 3 nitrogen and oxygen atoms in total. The van der Waals surface area contributed by atoms with Gasteiger partial charge < -0.3 is 15.2 Å². The highest BCUT2D eigenvalue weighted by Crippen LogP contribution is 2.31. The van der Waals surface area contributed by atoms with Crippen molar-refractivity contribution in [3.63, 3.8) is 0 Å². The first-order valence-electron chi connectivity index (χ1n) is 6.22. The number of hydrogen-bond donors (Lipinski definition) is 1. The van der Waals surface area contributed by atoms with Crippen molar-refractivity contribution in [2.24, 2.45) is 5.73 Å². The fourth-order valence-electron chi connectivity index (χ4n) is 1.70. The third-order valence-electron chi connectivity index (χ3n) is 2.92. The maximum atomic E-state index is 5.90. The van der Waals surface area contributed by atoms with Crippen LogP contribution < -0.4 is 15.2 Å². The zero-order valence-electron chi connectivity index (χ0n) is 11.2. The van der Waals surface area contributed by atoms with Gasteiger partial charge in [-0.15, -0.1) is 0 Å². The molecule has 17 heavy (non-hydrogen) atoms. The van der Waals surface area contributed by atoms with E-state index in [1.807, 2.05) is 25.1 Å². The van der Waals surface area contributed by atoms with Crippen LogP contribution in [-0.2, 0) is 0 Å². The van der Waals surface area contributed by atoms with Crippen LogP contribution in [0.2, 0.25) is 0 Å². The summed E-state index contributed by atoms with van der Waals surface area (Å²) in [6, 6.07) is 5.88. The molecule has 0 bridgehead atoms. The van der Waals surface area contributed by atoms with Gasteiger partial charge in [-0.3, -0.25) is 0 Å². The fraction of sp³-hybridized carbons (Fsp3) is 0.571. The monoisotopic (exact) mass is 237 g/mol. The summed E-state index contributed by atoms with van der Waals surface area (Å²) in [5.74, 6) is 1.55. The van der Waals surface area contributed by atoms with Crippen molar-refractivity contribution in [2.75, 3.05) is 7.11 Å². The van der Waals surface area contributed by atoms with Crippen molar-refractivity contribution >= 4 is 0 Å². The second kappa shape index (κ2) is 6.50. The van der Waals surface area contributed by atoms with E-state index in [0.29, 0.717) is 0 Å². The van der Waals surface area contributed by atoms with Crippen LogP contribution >= 0.6 is 0 Å². The summed E-state index contributed by atoms with van der Waals surface area (Å²) >= 11 is 0. The number of ether oxygens (including phenoxy) is 2. The van der Waals surface area contributed by atoms with E-state index in [0.717, 1.165) is 29.9 Å². The second-order valence-electron chi connectivity index (χ2n) is 4.26. The summed E-state index contributed by atoms with van der Waals surface area (Å²) in [4.78, 5) is 0. The van der Waals surface area contributed by atoms with Crippen LogP contribution in [0.3, 0.4) is 0 Å². The van der Waals surface area contributed by atoms with E-state index in [9.17, 15) is 0 Å². The van der Waals surface area contributed by atoms with E-state index in [1.165, 1.54) is 0 Å². The smallest absolute Gasteiger partial charge is 0.161 e. The lowest BCUT2D eigenvalue weighted by Crippen LogP contribution is -2.14. The van der Waals surface area contributed by atoms with Gasteiger partial charge in [-0.2, -0.15) is 0 Å². The second-order valence-corrected chi connectivity index (χ2v) is 4.26. The van der Waals surface area contributed by atoms with Gasteiger partial charge in [0.1, 0.15) is 0 Å². The zero-order valence-corrected chi connectivity index (χ0v) is 11.2. The zero-order chi connectivity index (χ0) is 12.8. The van der Waals surface area contributed by atoms with Crippen LogP contribution in [0.25, 0.3) is 0 Å². The Morgan fingerprint density at radius 2 is 1.82 bits per heavy atom. The van der Waals surface area contributed by atoms with Crippen LogP contribution in [-0.4, -0.2) is 13.2 Å². The summed E-state index contributed by atoms with van der Waals surface area (Å²) in [5, 5.41) is 0. The molecule has 0 amide bonds. The minimum Gasteiger partial charge on any atom is -0.493 e. The quantitative estimate of drug-likeness (QED) is 0.825. The highest BCUT2D eigenvalue weighted by Gasteiger charge is 2.11. The molecule has 1 aromatic rings. The summed E-state index contributed by atoms with van der Waals surface area (Å²) in [6.07, 6.45) is 2.23. The van der Waals surface area contributed by atoms with Gasteiger partial charge in [-0.1, -0.05) is 19.9 Å². The molecule has 2 N–H and O–H groups in total. The van der Waals surface area contributed by atoms with Gasteiger partial charge in [-0.25, -0.2) is 0 Å². The Labute approximate surface area is 104 Å². The molecule has 0 heterocycles. The third-order valence-corrected chi connectivity index (χ3v) is 2.92. The minimum absolute atomic E-state index is 0.00565. The lowest BCUT2D eigenvalue weighted by molar-refractivity contribution is 0.185. The lowest BCUT2D eigenvalue weighted by atomic mass is 10.1. The Morgan fingerprint density at radius 3 is 2.29 bits per heavy atom. The van der Waals surface area contributed by atoms with Gasteiger partial charge in [0.05, 0.1) is 13.2 Å². The maximum absolute atomic E-state index is 5.90. The van der Waals surface area contributed by atoms with Crippen molar-refractivity contribution in [3.8, 4) is 11.5 Å². The van der Waals surface area contributed by atoms with E-state index < -0.39 is 0 Å². The van der Waals surface area contributed by atoms with E-state index in [1.54, 1.807) is 7.11 Å². The van der Waals surface area contributed by atoms with Crippen LogP contribution in [0.4, 0.5) is 0 Å². The molecule has 1 atom stereocenters. The minimum atomic E-state index is 0.00565. The fourth-order valence-corrected chi connectivity index (χ4v) is 1.70. The Kier molecular flexibility index (Phi) is 5.29. The molecule has 0 aliphatic heterocycles. The number of benzene rings is 1. The van der Waals surface area contributed by atoms with Crippen molar-refractivity contribution in [3.05, 3.63) is 23.8 Å². The standard InChI is InChI=1S/C14H23NO2/c1-5-12(6-2)17-13-8-7-11(10(3)15)9-14(13)16-4/h7-10,12H,5-6,15H2,1-4H3/t10-/m1/s1. The summed E-state index contributed by atoms with van der Waals surface area (Å²) in [5.41, 5.74) is 6.90. The van der Waals surface area contributed by atoms with Gasteiger partial charge >= 0.3 is 0 Å². The first kappa shape index (κ1) is 13.8. The van der Waals surface area contributed by atoms with Crippen molar-refractivity contribution < 1.29 is 9.47 Å². The Bertz CT molecular complexity index is 346. The molecular weight excluding hydrogens is 214 g/mol. The van der Waals surface area contributed by atoms with Gasteiger partial charge in [0.15, 0.2) is 11.5 Å². The molecule has 0 spiro atoms. The number of rotatable bonds is 6. The molecule has 0 fully saturated rings. The van der Waals surface area contributed by atoms with Crippen molar-refractivity contribution in [2.45, 2.75) is 45.8 Å². The van der Waals surface area contributed by atoms with Gasteiger partial charge in [-0.05, 0) is 37.5 Å². The molecule has 0 radical (unpaired) electrons. The molecule has 3 heteroatoms. The SMILES string of the molecule is CCC(CC)Oc1ccc([C@@H](C)N)cc1OC. The molecular formula is C14H23NO2. The van der Waals surface area contributed by atoms with Crippen molar-refractivity contribution in [1.82, 2.24) is 0 Å². The average molecular weight is 237 g/mol. The molecule has 0 saturated heterocycles. The Balaban J connectivity index is 2.92. The van der Waals surface area contributed by atoms with Crippen LogP contribution in [0.15, 0.2) is 18.2 Å². The van der Waals surface area contributed by atoms with Crippen LogP contribution in [0.5, 0.6) is 11.5 Å². The predicted octanol–water partition coefficient (Wildman–Crippen LogP) is 3.28. The topological polar surface area (TPSA) is 44.5 Å².